The lowest BCUT2D eigenvalue weighted by Crippen LogP contribution is -2.24. The predicted molar refractivity (Wildman–Crippen MR) is 115 cm³/mol. The van der Waals surface area contributed by atoms with Crippen LogP contribution in [-0.4, -0.2) is 15.9 Å². The Balaban J connectivity index is 1.40. The van der Waals surface area contributed by atoms with E-state index in [0.717, 1.165) is 11.1 Å². The Morgan fingerprint density at radius 1 is 0.900 bits per heavy atom. The number of amides is 1. The Hall–Kier alpha value is -4.19. The van der Waals surface area contributed by atoms with Gasteiger partial charge in [0.2, 0.25) is 0 Å². The summed E-state index contributed by atoms with van der Waals surface area (Å²) in [5.41, 5.74) is 1.84. The molecule has 4 aromatic rings. The number of benzene rings is 3. The zero-order valence-corrected chi connectivity index (χ0v) is 16.0. The third-order valence-corrected chi connectivity index (χ3v) is 4.45. The van der Waals surface area contributed by atoms with E-state index in [-0.39, 0.29) is 5.56 Å². The summed E-state index contributed by atoms with van der Waals surface area (Å²) in [6.07, 6.45) is 1.29. The molecule has 0 aliphatic heterocycles. The van der Waals surface area contributed by atoms with Crippen molar-refractivity contribution < 1.29 is 9.53 Å². The van der Waals surface area contributed by atoms with Crippen LogP contribution < -0.4 is 15.6 Å². The number of carbonyl (C=O) groups excluding carboxylic acids is 1. The van der Waals surface area contributed by atoms with E-state index in [0.29, 0.717) is 23.9 Å². The highest BCUT2D eigenvalue weighted by Crippen LogP contribution is 2.18. The van der Waals surface area contributed by atoms with Crippen LogP contribution in [-0.2, 0) is 6.61 Å². The average molecular weight is 397 g/mol. The predicted octanol–water partition coefficient (Wildman–Crippen LogP) is 4.27. The third kappa shape index (κ3) is 4.62. The summed E-state index contributed by atoms with van der Waals surface area (Å²) in [6, 6.07) is 26.1. The van der Waals surface area contributed by atoms with Crippen LogP contribution in [0, 0.1) is 0 Å². The molecule has 0 aliphatic rings. The van der Waals surface area contributed by atoms with Gasteiger partial charge in [-0.2, -0.15) is 0 Å². The Morgan fingerprint density at radius 2 is 1.57 bits per heavy atom. The number of anilines is 1. The van der Waals surface area contributed by atoms with Crippen LogP contribution in [0.4, 0.5) is 5.69 Å². The van der Waals surface area contributed by atoms with Gasteiger partial charge in [0.15, 0.2) is 0 Å². The smallest absolute Gasteiger partial charge is 0.264 e. The normalized spacial score (nSPS) is 10.4. The van der Waals surface area contributed by atoms with Crippen LogP contribution in [0.25, 0.3) is 11.4 Å². The molecule has 0 bridgehead atoms. The van der Waals surface area contributed by atoms with Crippen molar-refractivity contribution in [3.63, 3.8) is 0 Å². The van der Waals surface area contributed by atoms with Crippen molar-refractivity contribution in [2.24, 2.45) is 0 Å². The number of hydrogen-bond donors (Lipinski definition) is 2. The van der Waals surface area contributed by atoms with Crippen molar-refractivity contribution in [3.8, 4) is 17.1 Å². The fourth-order valence-electron chi connectivity index (χ4n) is 2.87. The first-order valence-electron chi connectivity index (χ1n) is 9.42. The van der Waals surface area contributed by atoms with Crippen LogP contribution in [0.5, 0.6) is 5.75 Å². The molecular weight excluding hydrogens is 378 g/mol. The summed E-state index contributed by atoms with van der Waals surface area (Å²) < 4.78 is 5.73. The first-order valence-corrected chi connectivity index (χ1v) is 9.42. The van der Waals surface area contributed by atoms with Crippen LogP contribution >= 0.6 is 0 Å². The minimum atomic E-state index is -0.527. The maximum absolute atomic E-state index is 12.5. The van der Waals surface area contributed by atoms with Crippen LogP contribution in [0.2, 0.25) is 0 Å². The first kappa shape index (κ1) is 19.1. The number of nitrogens with one attached hydrogen (secondary N) is 2. The quantitative estimate of drug-likeness (QED) is 0.509. The molecule has 2 N–H and O–H groups in total. The van der Waals surface area contributed by atoms with E-state index in [1.807, 2.05) is 60.7 Å². The van der Waals surface area contributed by atoms with Gasteiger partial charge in [0.1, 0.15) is 23.7 Å². The zero-order chi connectivity index (χ0) is 20.8. The van der Waals surface area contributed by atoms with Crippen molar-refractivity contribution in [1.29, 1.82) is 0 Å². The van der Waals surface area contributed by atoms with Crippen molar-refractivity contribution >= 4 is 11.6 Å². The van der Waals surface area contributed by atoms with E-state index < -0.39 is 11.5 Å². The van der Waals surface area contributed by atoms with Gasteiger partial charge in [-0.25, -0.2) is 4.98 Å². The lowest BCUT2D eigenvalue weighted by atomic mass is 10.2. The number of aromatic amines is 1. The van der Waals surface area contributed by atoms with E-state index in [1.54, 1.807) is 24.3 Å². The van der Waals surface area contributed by atoms with Gasteiger partial charge in [0.05, 0.1) is 0 Å². The zero-order valence-electron chi connectivity index (χ0n) is 16.0. The molecule has 0 unspecified atom stereocenters. The van der Waals surface area contributed by atoms with Crippen molar-refractivity contribution in [1.82, 2.24) is 9.97 Å². The highest BCUT2D eigenvalue weighted by atomic mass is 16.5. The molecule has 1 heterocycles. The highest BCUT2D eigenvalue weighted by Gasteiger charge is 2.13. The molecule has 0 spiro atoms. The van der Waals surface area contributed by atoms with Gasteiger partial charge in [-0.15, -0.1) is 0 Å². The minimum absolute atomic E-state index is 0.0564. The molecule has 0 saturated carbocycles. The van der Waals surface area contributed by atoms with E-state index in [1.165, 1.54) is 6.20 Å². The lowest BCUT2D eigenvalue weighted by Gasteiger charge is -2.08. The summed E-state index contributed by atoms with van der Waals surface area (Å²) in [5.74, 6) is 0.571. The standard InChI is InChI=1S/C24H19N3O3/c28-23(21-15-25-22(27-24(21)29)18-9-5-2-6-10-18)26-19-11-13-20(14-12-19)30-16-17-7-3-1-4-8-17/h1-15H,16H2,(H,26,28)(H,25,27,29). The van der Waals surface area contributed by atoms with Gasteiger partial charge in [0, 0.05) is 17.4 Å². The number of carbonyl (C=O) groups is 1. The molecule has 0 radical (unpaired) electrons. The van der Waals surface area contributed by atoms with Gasteiger partial charge in [-0.05, 0) is 29.8 Å². The first-order chi connectivity index (χ1) is 14.7. The highest BCUT2D eigenvalue weighted by molar-refractivity contribution is 6.03. The molecule has 4 rings (SSSR count). The van der Waals surface area contributed by atoms with Gasteiger partial charge in [-0.3, -0.25) is 9.59 Å². The summed E-state index contributed by atoms with van der Waals surface area (Å²) in [4.78, 5) is 31.7. The number of nitrogens with zero attached hydrogens (tertiary/aromatic N) is 1. The van der Waals surface area contributed by atoms with Crippen LogP contribution in [0.3, 0.4) is 0 Å². The summed E-state index contributed by atoms with van der Waals surface area (Å²) in [6.45, 7) is 0.460. The third-order valence-electron chi connectivity index (χ3n) is 4.45. The Bertz CT molecular complexity index is 1190. The van der Waals surface area contributed by atoms with Gasteiger partial charge in [0.25, 0.3) is 11.5 Å². The summed E-state index contributed by atoms with van der Waals surface area (Å²) >= 11 is 0. The molecule has 0 atom stereocenters. The van der Waals surface area contributed by atoms with E-state index >= 15 is 0 Å². The molecule has 6 nitrogen and oxygen atoms in total. The van der Waals surface area contributed by atoms with Gasteiger partial charge < -0.3 is 15.0 Å². The number of rotatable bonds is 6. The second-order valence-electron chi connectivity index (χ2n) is 6.59. The second kappa shape index (κ2) is 8.87. The molecule has 0 fully saturated rings. The number of aromatic nitrogens is 2. The Labute approximate surface area is 173 Å². The molecule has 0 aliphatic carbocycles. The maximum Gasteiger partial charge on any atom is 0.264 e. The molecule has 6 heteroatoms. The monoisotopic (exact) mass is 397 g/mol. The molecule has 1 aromatic heterocycles. The Kier molecular flexibility index (Phi) is 5.66. The Morgan fingerprint density at radius 3 is 2.23 bits per heavy atom. The molecule has 148 valence electrons. The van der Waals surface area contributed by atoms with Crippen molar-refractivity contribution in [3.05, 3.63) is 113 Å². The lowest BCUT2D eigenvalue weighted by molar-refractivity contribution is 0.102. The fraction of sp³-hybridized carbons (Fsp3) is 0.0417. The van der Waals surface area contributed by atoms with Gasteiger partial charge in [-0.1, -0.05) is 60.7 Å². The van der Waals surface area contributed by atoms with E-state index in [4.69, 9.17) is 4.74 Å². The minimum Gasteiger partial charge on any atom is -0.489 e. The molecule has 0 saturated heterocycles. The number of H-pyrrole nitrogens is 1. The number of hydrogen-bond acceptors (Lipinski definition) is 4. The topological polar surface area (TPSA) is 84.1 Å². The molecular formula is C24H19N3O3. The second-order valence-corrected chi connectivity index (χ2v) is 6.59. The average Bonchev–Trinajstić information content (AvgIpc) is 2.80. The van der Waals surface area contributed by atoms with E-state index in [9.17, 15) is 9.59 Å². The molecule has 1 amide bonds. The molecule has 30 heavy (non-hydrogen) atoms. The summed E-state index contributed by atoms with van der Waals surface area (Å²) in [5, 5.41) is 2.70. The van der Waals surface area contributed by atoms with Gasteiger partial charge >= 0.3 is 0 Å². The fourth-order valence-corrected chi connectivity index (χ4v) is 2.87. The largest absolute Gasteiger partial charge is 0.489 e. The van der Waals surface area contributed by atoms with E-state index in [2.05, 4.69) is 15.3 Å². The maximum atomic E-state index is 12.5. The summed E-state index contributed by atoms with van der Waals surface area (Å²) in [7, 11) is 0. The van der Waals surface area contributed by atoms with Crippen molar-refractivity contribution in [2.45, 2.75) is 6.61 Å². The SMILES string of the molecule is O=C(Nc1ccc(OCc2ccccc2)cc1)c1cnc(-c2ccccc2)[nH]c1=O. The van der Waals surface area contributed by atoms with Crippen LogP contribution in [0.15, 0.2) is 95.9 Å². The molecule has 3 aromatic carbocycles. The number of ether oxygens (including phenoxy) is 1. The van der Waals surface area contributed by atoms with Crippen LogP contribution in [0.1, 0.15) is 15.9 Å². The van der Waals surface area contributed by atoms with Crippen molar-refractivity contribution in [2.75, 3.05) is 5.32 Å².